The normalized spacial score (nSPS) is 11.3. The Kier molecular flexibility index (Phi) is 7.41. The maximum absolute atomic E-state index is 13.3. The summed E-state index contributed by atoms with van der Waals surface area (Å²) in [7, 11) is -4.12. The molecule has 170 valence electrons. The first-order valence-corrected chi connectivity index (χ1v) is 11.4. The van der Waals surface area contributed by atoms with Crippen LogP contribution in [-0.4, -0.2) is 32.0 Å². The number of hydrogen-bond acceptors (Lipinski definition) is 6. The zero-order valence-electron chi connectivity index (χ0n) is 17.4. The Morgan fingerprint density at radius 1 is 1.12 bits per heavy atom. The van der Waals surface area contributed by atoms with Crippen LogP contribution in [0.2, 0.25) is 5.02 Å². The van der Waals surface area contributed by atoms with Gasteiger partial charge in [-0.3, -0.25) is 19.2 Å². The maximum Gasteiger partial charge on any atom is 0.270 e. The molecule has 3 rings (SSSR count). The van der Waals surface area contributed by atoms with Gasteiger partial charge in [0, 0.05) is 17.7 Å². The number of carbonyl (C=O) groups excluding carboxylic acids is 1. The second-order valence-corrected chi connectivity index (χ2v) is 9.19. The van der Waals surface area contributed by atoms with E-state index in [0.29, 0.717) is 5.56 Å². The first kappa shape index (κ1) is 23.9. The van der Waals surface area contributed by atoms with Crippen LogP contribution >= 0.6 is 11.6 Å². The summed E-state index contributed by atoms with van der Waals surface area (Å²) in [5.74, 6) is -0.729. The minimum Gasteiger partial charge on any atom is -0.271 e. The average Bonchev–Trinajstić information content (AvgIpc) is 2.78. The molecule has 0 heterocycles. The van der Waals surface area contributed by atoms with E-state index in [1.807, 2.05) is 6.92 Å². The number of hydrogen-bond donors (Lipinski definition) is 1. The maximum atomic E-state index is 13.3. The summed E-state index contributed by atoms with van der Waals surface area (Å²) in [5.41, 5.74) is 3.52. The molecule has 0 aliphatic carbocycles. The third kappa shape index (κ3) is 5.93. The van der Waals surface area contributed by atoms with Crippen molar-refractivity contribution in [3.05, 3.63) is 99.1 Å². The van der Waals surface area contributed by atoms with Gasteiger partial charge in [-0.2, -0.15) is 5.10 Å². The molecule has 3 aromatic rings. The van der Waals surface area contributed by atoms with Crippen molar-refractivity contribution in [3.8, 4) is 0 Å². The van der Waals surface area contributed by atoms with E-state index < -0.39 is 27.4 Å². The highest BCUT2D eigenvalue weighted by Gasteiger charge is 2.28. The van der Waals surface area contributed by atoms with Gasteiger partial charge in [0.25, 0.3) is 21.6 Å². The summed E-state index contributed by atoms with van der Waals surface area (Å²) < 4.78 is 27.5. The predicted octanol–water partition coefficient (Wildman–Crippen LogP) is 3.90. The molecule has 3 aromatic carbocycles. The van der Waals surface area contributed by atoms with Crippen LogP contribution in [0.3, 0.4) is 0 Å². The van der Waals surface area contributed by atoms with Gasteiger partial charge < -0.3 is 0 Å². The molecule has 0 unspecified atom stereocenters. The Morgan fingerprint density at radius 3 is 2.48 bits per heavy atom. The van der Waals surface area contributed by atoms with Crippen LogP contribution in [0.25, 0.3) is 0 Å². The number of nitrogens with one attached hydrogen (secondary N) is 1. The Bertz CT molecular complexity index is 1310. The monoisotopic (exact) mass is 486 g/mol. The van der Waals surface area contributed by atoms with Crippen molar-refractivity contribution in [2.75, 3.05) is 10.8 Å². The zero-order valence-corrected chi connectivity index (χ0v) is 19.0. The summed E-state index contributed by atoms with van der Waals surface area (Å²) in [6.45, 7) is 1.24. The molecule has 33 heavy (non-hydrogen) atoms. The Balaban J connectivity index is 1.84. The zero-order chi connectivity index (χ0) is 24.0. The molecule has 1 N–H and O–H groups in total. The van der Waals surface area contributed by atoms with E-state index in [-0.39, 0.29) is 21.3 Å². The predicted molar refractivity (Wildman–Crippen MR) is 126 cm³/mol. The summed E-state index contributed by atoms with van der Waals surface area (Å²) in [6.07, 6.45) is 1.22. The molecule has 0 saturated carbocycles. The number of nitro benzene ring substituents is 1. The van der Waals surface area contributed by atoms with Crippen LogP contribution in [0.5, 0.6) is 0 Å². The van der Waals surface area contributed by atoms with Crippen molar-refractivity contribution in [1.29, 1.82) is 0 Å². The van der Waals surface area contributed by atoms with Gasteiger partial charge in [0.1, 0.15) is 6.54 Å². The average molecular weight is 487 g/mol. The van der Waals surface area contributed by atoms with Crippen molar-refractivity contribution in [2.24, 2.45) is 5.10 Å². The second-order valence-electron chi connectivity index (χ2n) is 6.92. The SMILES string of the molecule is Cc1ccc(S(=O)(=O)N(CC(=O)N/N=C\c2cccc([N+](=O)[O-])c2)c2ccccc2Cl)cc1. The van der Waals surface area contributed by atoms with Crippen LogP contribution in [-0.2, 0) is 14.8 Å². The van der Waals surface area contributed by atoms with Gasteiger partial charge in [-0.25, -0.2) is 13.8 Å². The highest BCUT2D eigenvalue weighted by atomic mass is 35.5. The fourth-order valence-electron chi connectivity index (χ4n) is 2.85. The molecular formula is C22H19ClN4O5S. The molecule has 1 amide bonds. The molecule has 0 bridgehead atoms. The minimum absolute atomic E-state index is 0.000848. The smallest absolute Gasteiger partial charge is 0.270 e. The first-order chi connectivity index (χ1) is 15.7. The number of nitro groups is 1. The lowest BCUT2D eigenvalue weighted by Crippen LogP contribution is -2.39. The number of nitrogens with zero attached hydrogens (tertiary/aromatic N) is 3. The lowest BCUT2D eigenvalue weighted by atomic mass is 10.2. The number of non-ortho nitro benzene ring substituents is 1. The number of para-hydroxylation sites is 1. The van der Waals surface area contributed by atoms with Gasteiger partial charge >= 0.3 is 0 Å². The first-order valence-electron chi connectivity index (χ1n) is 9.59. The molecular weight excluding hydrogens is 468 g/mol. The Morgan fingerprint density at radius 2 is 1.82 bits per heavy atom. The van der Waals surface area contributed by atoms with Crippen LogP contribution in [0.4, 0.5) is 11.4 Å². The topological polar surface area (TPSA) is 122 Å². The fraction of sp³-hybridized carbons (Fsp3) is 0.0909. The van der Waals surface area contributed by atoms with Crippen LogP contribution in [0.1, 0.15) is 11.1 Å². The van der Waals surface area contributed by atoms with E-state index in [0.717, 1.165) is 9.87 Å². The van der Waals surface area contributed by atoms with Gasteiger partial charge in [-0.15, -0.1) is 0 Å². The number of carbonyl (C=O) groups is 1. The van der Waals surface area contributed by atoms with E-state index in [9.17, 15) is 23.3 Å². The lowest BCUT2D eigenvalue weighted by molar-refractivity contribution is -0.384. The molecule has 0 fully saturated rings. The van der Waals surface area contributed by atoms with Gasteiger partial charge in [-0.1, -0.05) is 53.6 Å². The lowest BCUT2D eigenvalue weighted by Gasteiger charge is -2.24. The van der Waals surface area contributed by atoms with Crippen molar-refractivity contribution in [1.82, 2.24) is 5.43 Å². The van der Waals surface area contributed by atoms with E-state index >= 15 is 0 Å². The van der Waals surface area contributed by atoms with Gasteiger partial charge in [-0.05, 0) is 31.2 Å². The number of halogens is 1. The molecule has 0 spiro atoms. The molecule has 9 nitrogen and oxygen atoms in total. The summed E-state index contributed by atoms with van der Waals surface area (Å²) in [6, 6.07) is 18.1. The number of amides is 1. The third-order valence-corrected chi connectivity index (χ3v) is 6.59. The van der Waals surface area contributed by atoms with Crippen LogP contribution in [0.15, 0.2) is 82.8 Å². The molecule has 0 radical (unpaired) electrons. The number of sulfonamides is 1. The van der Waals surface area contributed by atoms with E-state index in [2.05, 4.69) is 10.5 Å². The number of benzene rings is 3. The van der Waals surface area contributed by atoms with E-state index in [4.69, 9.17) is 11.6 Å². The van der Waals surface area contributed by atoms with Crippen molar-refractivity contribution in [3.63, 3.8) is 0 Å². The van der Waals surface area contributed by atoms with Gasteiger partial charge in [0.2, 0.25) is 0 Å². The molecule has 0 atom stereocenters. The van der Waals surface area contributed by atoms with Crippen molar-refractivity contribution < 1.29 is 18.1 Å². The minimum atomic E-state index is -4.12. The van der Waals surface area contributed by atoms with Gasteiger partial charge in [0.05, 0.1) is 26.7 Å². The third-order valence-electron chi connectivity index (χ3n) is 4.50. The van der Waals surface area contributed by atoms with Crippen molar-refractivity contribution >= 4 is 45.1 Å². The number of anilines is 1. The van der Waals surface area contributed by atoms with Crippen molar-refractivity contribution in [2.45, 2.75) is 11.8 Å². The largest absolute Gasteiger partial charge is 0.271 e. The molecule has 0 aliphatic rings. The molecule has 0 saturated heterocycles. The number of hydrazone groups is 1. The molecule has 0 aliphatic heterocycles. The van der Waals surface area contributed by atoms with Crippen LogP contribution < -0.4 is 9.73 Å². The highest BCUT2D eigenvalue weighted by Crippen LogP contribution is 2.30. The highest BCUT2D eigenvalue weighted by molar-refractivity contribution is 7.92. The number of rotatable bonds is 8. The van der Waals surface area contributed by atoms with E-state index in [1.165, 1.54) is 48.7 Å². The molecule has 0 aromatic heterocycles. The fourth-order valence-corrected chi connectivity index (χ4v) is 4.58. The number of aryl methyl sites for hydroxylation is 1. The van der Waals surface area contributed by atoms with Gasteiger partial charge in [0.15, 0.2) is 0 Å². The molecule has 11 heteroatoms. The Hall–Kier alpha value is -3.76. The second kappa shape index (κ2) is 10.2. The standard InChI is InChI=1S/C22H19ClN4O5S/c1-16-9-11-19(12-10-16)33(31,32)26(21-8-3-2-7-20(21)23)15-22(28)25-24-14-17-5-4-6-18(13-17)27(29)30/h2-14H,15H2,1H3,(H,25,28)/b24-14-. The Labute approximate surface area is 195 Å². The van der Waals surface area contributed by atoms with Crippen LogP contribution in [0, 0.1) is 17.0 Å². The quantitative estimate of drug-likeness (QED) is 0.294. The summed E-state index contributed by atoms with van der Waals surface area (Å²) in [4.78, 5) is 22.9. The summed E-state index contributed by atoms with van der Waals surface area (Å²) >= 11 is 6.22. The summed E-state index contributed by atoms with van der Waals surface area (Å²) in [5, 5.41) is 14.8. The van der Waals surface area contributed by atoms with E-state index in [1.54, 1.807) is 30.3 Å².